The Morgan fingerprint density at radius 2 is 1.85 bits per heavy atom. The van der Waals surface area contributed by atoms with Gasteiger partial charge in [0, 0.05) is 28.2 Å². The van der Waals surface area contributed by atoms with Crippen molar-refractivity contribution in [2.75, 3.05) is 11.0 Å². The summed E-state index contributed by atoms with van der Waals surface area (Å²) in [4.78, 5) is 7.91. The van der Waals surface area contributed by atoms with Gasteiger partial charge in [-0.15, -0.1) is 0 Å². The lowest BCUT2D eigenvalue weighted by Gasteiger charge is -2.07. The fourth-order valence-corrected chi connectivity index (χ4v) is 3.86. The Hall–Kier alpha value is -2.86. The molecule has 0 aliphatic rings. The van der Waals surface area contributed by atoms with Gasteiger partial charge >= 0.3 is 0 Å². The zero-order valence-corrected chi connectivity index (χ0v) is 15.4. The second kappa shape index (κ2) is 6.14. The van der Waals surface area contributed by atoms with Gasteiger partial charge in [-0.05, 0) is 47.9 Å². The van der Waals surface area contributed by atoms with Crippen molar-refractivity contribution in [3.63, 3.8) is 0 Å². The number of nitrogens with one attached hydrogen (secondary N) is 2. The van der Waals surface area contributed by atoms with Crippen LogP contribution in [0.3, 0.4) is 0 Å². The van der Waals surface area contributed by atoms with Gasteiger partial charge in [0.1, 0.15) is 0 Å². The van der Waals surface area contributed by atoms with Crippen molar-refractivity contribution >= 4 is 37.5 Å². The predicted molar refractivity (Wildman–Crippen MR) is 107 cm³/mol. The highest BCUT2D eigenvalue weighted by molar-refractivity contribution is 7.92. The van der Waals surface area contributed by atoms with Crippen LogP contribution in [-0.2, 0) is 16.4 Å². The van der Waals surface area contributed by atoms with E-state index in [9.17, 15) is 8.42 Å². The van der Waals surface area contributed by atoms with E-state index in [1.807, 2.05) is 36.5 Å². The normalized spacial score (nSPS) is 11.9. The summed E-state index contributed by atoms with van der Waals surface area (Å²) in [5.41, 5.74) is 5.75. The Labute approximate surface area is 152 Å². The number of fused-ring (bicyclic) bond motifs is 3. The van der Waals surface area contributed by atoms with Crippen LogP contribution in [0.15, 0.2) is 54.7 Å². The second-order valence-corrected chi connectivity index (χ2v) is 8.12. The number of nitrogens with zero attached hydrogens (tertiary/aromatic N) is 1. The van der Waals surface area contributed by atoms with Crippen LogP contribution in [0.4, 0.5) is 5.69 Å². The first-order valence-electron chi connectivity index (χ1n) is 8.42. The zero-order valence-electron chi connectivity index (χ0n) is 14.6. The number of H-pyrrole nitrogens is 1. The molecule has 0 aliphatic heterocycles. The van der Waals surface area contributed by atoms with Crippen LogP contribution in [0.25, 0.3) is 32.9 Å². The molecule has 0 saturated carbocycles. The molecule has 2 aromatic heterocycles. The molecule has 4 rings (SSSR count). The molecule has 0 amide bonds. The molecule has 0 unspecified atom stereocenters. The number of benzene rings is 2. The van der Waals surface area contributed by atoms with Gasteiger partial charge < -0.3 is 4.98 Å². The minimum Gasteiger partial charge on any atom is -0.353 e. The molecule has 0 spiro atoms. The van der Waals surface area contributed by atoms with Gasteiger partial charge in [0.05, 0.1) is 17.5 Å². The summed E-state index contributed by atoms with van der Waals surface area (Å²) >= 11 is 0. The summed E-state index contributed by atoms with van der Waals surface area (Å²) < 4.78 is 25.5. The summed E-state index contributed by atoms with van der Waals surface area (Å²) in [6.45, 7) is 2.10. The van der Waals surface area contributed by atoms with E-state index >= 15 is 0 Å². The van der Waals surface area contributed by atoms with Crippen molar-refractivity contribution in [2.24, 2.45) is 0 Å². The Balaban J connectivity index is 1.85. The first-order chi connectivity index (χ1) is 12.4. The highest BCUT2D eigenvalue weighted by Gasteiger charge is 2.10. The monoisotopic (exact) mass is 365 g/mol. The smallest absolute Gasteiger partial charge is 0.229 e. The molecule has 0 fully saturated rings. The number of anilines is 1. The topological polar surface area (TPSA) is 74.8 Å². The first-order valence-corrected chi connectivity index (χ1v) is 10.3. The molecule has 4 aromatic rings. The molecule has 0 saturated heterocycles. The van der Waals surface area contributed by atoms with Crippen molar-refractivity contribution < 1.29 is 8.42 Å². The third-order valence-corrected chi connectivity index (χ3v) is 5.04. The summed E-state index contributed by atoms with van der Waals surface area (Å²) in [6, 6.07) is 15.7. The van der Waals surface area contributed by atoms with Crippen molar-refractivity contribution in [2.45, 2.75) is 13.3 Å². The molecule has 2 heterocycles. The summed E-state index contributed by atoms with van der Waals surface area (Å²) in [6.07, 6.45) is 3.87. The third kappa shape index (κ3) is 3.04. The zero-order chi connectivity index (χ0) is 18.3. The third-order valence-electron chi connectivity index (χ3n) is 4.43. The van der Waals surface area contributed by atoms with E-state index in [1.54, 1.807) is 6.07 Å². The SMILES string of the molecule is CCc1nccc2c1[nH]c1ccc(-c3cccc(NS(C)(=O)=O)c3)cc12. The van der Waals surface area contributed by atoms with Crippen molar-refractivity contribution in [1.29, 1.82) is 0 Å². The first kappa shape index (κ1) is 16.6. The van der Waals surface area contributed by atoms with Crippen LogP contribution in [0.5, 0.6) is 0 Å². The Morgan fingerprint density at radius 3 is 2.62 bits per heavy atom. The van der Waals surface area contributed by atoms with Crippen LogP contribution in [0.1, 0.15) is 12.6 Å². The molecule has 2 aromatic carbocycles. The molecule has 0 aliphatic carbocycles. The standard InChI is InChI=1S/C20H19N3O2S/c1-3-18-20-16(9-10-21-18)17-12-14(7-8-19(17)22-20)13-5-4-6-15(11-13)23-26(2,24)25/h4-12,22-23H,3H2,1-2H3. The average Bonchev–Trinajstić information content (AvgIpc) is 2.98. The molecule has 26 heavy (non-hydrogen) atoms. The predicted octanol–water partition coefficient (Wildman–Crippen LogP) is 4.32. The maximum atomic E-state index is 11.5. The molecule has 132 valence electrons. The van der Waals surface area contributed by atoms with Gasteiger partial charge in [-0.1, -0.05) is 25.1 Å². The van der Waals surface area contributed by atoms with Crippen molar-refractivity contribution in [3.05, 3.63) is 60.4 Å². The van der Waals surface area contributed by atoms with E-state index in [0.29, 0.717) is 5.69 Å². The van der Waals surface area contributed by atoms with E-state index in [0.717, 1.165) is 51.3 Å². The van der Waals surface area contributed by atoms with Crippen molar-refractivity contribution in [1.82, 2.24) is 9.97 Å². The number of aryl methyl sites for hydroxylation is 1. The van der Waals surface area contributed by atoms with Crippen LogP contribution in [-0.4, -0.2) is 24.6 Å². The Kier molecular flexibility index (Phi) is 3.92. The van der Waals surface area contributed by atoms with E-state index < -0.39 is 10.0 Å². The van der Waals surface area contributed by atoms with E-state index in [-0.39, 0.29) is 0 Å². The average molecular weight is 365 g/mol. The lowest BCUT2D eigenvalue weighted by Crippen LogP contribution is -2.09. The summed E-state index contributed by atoms with van der Waals surface area (Å²) in [5, 5.41) is 2.29. The lowest BCUT2D eigenvalue weighted by atomic mass is 10.0. The fraction of sp³-hybridized carbons (Fsp3) is 0.150. The van der Waals surface area contributed by atoms with Crippen LogP contribution in [0, 0.1) is 0 Å². The van der Waals surface area contributed by atoms with Gasteiger partial charge in [-0.25, -0.2) is 8.42 Å². The quantitative estimate of drug-likeness (QED) is 0.566. The van der Waals surface area contributed by atoms with E-state index in [2.05, 4.69) is 33.7 Å². The molecule has 2 N–H and O–H groups in total. The maximum absolute atomic E-state index is 11.5. The minimum absolute atomic E-state index is 0.557. The number of hydrogen-bond acceptors (Lipinski definition) is 3. The van der Waals surface area contributed by atoms with E-state index in [4.69, 9.17) is 0 Å². The van der Waals surface area contributed by atoms with Crippen LogP contribution in [0.2, 0.25) is 0 Å². The highest BCUT2D eigenvalue weighted by atomic mass is 32.2. The number of rotatable bonds is 4. The molecular formula is C20H19N3O2S. The molecular weight excluding hydrogens is 346 g/mol. The van der Waals surface area contributed by atoms with Gasteiger partial charge in [-0.2, -0.15) is 0 Å². The lowest BCUT2D eigenvalue weighted by molar-refractivity contribution is 0.607. The maximum Gasteiger partial charge on any atom is 0.229 e. The van der Waals surface area contributed by atoms with Gasteiger partial charge in [0.15, 0.2) is 0 Å². The molecule has 5 nitrogen and oxygen atoms in total. The summed E-state index contributed by atoms with van der Waals surface area (Å²) in [5.74, 6) is 0. The molecule has 0 bridgehead atoms. The van der Waals surface area contributed by atoms with Crippen LogP contribution >= 0.6 is 0 Å². The Bertz CT molecular complexity index is 1230. The largest absolute Gasteiger partial charge is 0.353 e. The van der Waals surface area contributed by atoms with Crippen LogP contribution < -0.4 is 4.72 Å². The van der Waals surface area contributed by atoms with Crippen molar-refractivity contribution in [3.8, 4) is 11.1 Å². The number of aromatic amines is 1. The number of pyridine rings is 1. The fourth-order valence-electron chi connectivity index (χ4n) is 3.30. The van der Waals surface area contributed by atoms with E-state index in [1.165, 1.54) is 0 Å². The highest BCUT2D eigenvalue weighted by Crippen LogP contribution is 2.31. The molecule has 6 heteroatoms. The Morgan fingerprint density at radius 1 is 1.04 bits per heavy atom. The number of aromatic nitrogens is 2. The molecule has 0 radical (unpaired) electrons. The minimum atomic E-state index is -3.30. The summed E-state index contributed by atoms with van der Waals surface area (Å²) in [7, 11) is -3.30. The van der Waals surface area contributed by atoms with Gasteiger partial charge in [-0.3, -0.25) is 9.71 Å². The second-order valence-electron chi connectivity index (χ2n) is 6.37. The number of sulfonamides is 1. The van der Waals surface area contributed by atoms with Gasteiger partial charge in [0.25, 0.3) is 0 Å². The number of hydrogen-bond donors (Lipinski definition) is 2. The molecule has 0 atom stereocenters. The van der Waals surface area contributed by atoms with Gasteiger partial charge in [0.2, 0.25) is 10.0 Å².